The summed E-state index contributed by atoms with van der Waals surface area (Å²) in [6, 6.07) is 15.6. The fourth-order valence-corrected chi connectivity index (χ4v) is 3.38. The number of thiazole rings is 1. The third kappa shape index (κ3) is 5.52. The summed E-state index contributed by atoms with van der Waals surface area (Å²) in [6.45, 7) is 4.50. The van der Waals surface area contributed by atoms with Crippen molar-refractivity contribution < 1.29 is 9.53 Å². The second kappa shape index (κ2) is 8.98. The molecule has 138 valence electrons. The molecule has 0 unspecified atom stereocenters. The summed E-state index contributed by atoms with van der Waals surface area (Å²) in [5.41, 5.74) is 4.01. The van der Waals surface area contributed by atoms with Gasteiger partial charge in [-0.25, -0.2) is 9.78 Å². The largest absolute Gasteiger partial charge is 0.456 e. The first-order valence-corrected chi connectivity index (χ1v) is 9.92. The molecule has 0 saturated heterocycles. The first-order valence-electron chi connectivity index (χ1n) is 8.66. The molecular weight excluding hydrogens is 378 g/mol. The second-order valence-corrected chi connectivity index (χ2v) is 7.71. The number of hydrogen-bond donors (Lipinski definition) is 0. The molecule has 27 heavy (non-hydrogen) atoms. The minimum absolute atomic E-state index is 0.157. The Balaban J connectivity index is 1.56. The quantitative estimate of drug-likeness (QED) is 0.359. The van der Waals surface area contributed by atoms with E-state index in [9.17, 15) is 4.79 Å². The van der Waals surface area contributed by atoms with E-state index in [2.05, 4.69) is 43.1 Å². The van der Waals surface area contributed by atoms with Gasteiger partial charge in [-0.3, -0.25) is 0 Å². The number of aromatic nitrogens is 1. The van der Waals surface area contributed by atoms with Gasteiger partial charge in [-0.1, -0.05) is 61.8 Å². The van der Waals surface area contributed by atoms with Crippen LogP contribution in [0, 0.1) is 0 Å². The Morgan fingerprint density at radius 2 is 1.85 bits per heavy atom. The van der Waals surface area contributed by atoms with Crippen molar-refractivity contribution >= 4 is 35.0 Å². The Hall–Kier alpha value is -2.43. The van der Waals surface area contributed by atoms with Crippen molar-refractivity contribution in [3.8, 4) is 10.6 Å². The Morgan fingerprint density at radius 3 is 2.52 bits per heavy atom. The number of ether oxygens (including phenoxy) is 1. The van der Waals surface area contributed by atoms with Gasteiger partial charge in [0, 0.05) is 22.0 Å². The molecule has 3 aromatic rings. The Bertz CT molecular complexity index is 928. The van der Waals surface area contributed by atoms with Crippen molar-refractivity contribution in [3.63, 3.8) is 0 Å². The van der Waals surface area contributed by atoms with Crippen LogP contribution in [0.4, 0.5) is 0 Å². The zero-order valence-corrected chi connectivity index (χ0v) is 16.8. The van der Waals surface area contributed by atoms with Gasteiger partial charge >= 0.3 is 5.97 Å². The molecule has 0 aliphatic heterocycles. The highest BCUT2D eigenvalue weighted by Crippen LogP contribution is 2.26. The van der Waals surface area contributed by atoms with Gasteiger partial charge < -0.3 is 4.74 Å². The fraction of sp³-hybridized carbons (Fsp3) is 0.182. The van der Waals surface area contributed by atoms with E-state index in [0.29, 0.717) is 10.9 Å². The molecule has 0 amide bonds. The third-order valence-corrected chi connectivity index (χ3v) is 5.21. The molecule has 0 aliphatic rings. The van der Waals surface area contributed by atoms with E-state index in [1.54, 1.807) is 29.5 Å². The molecule has 0 bridgehead atoms. The topological polar surface area (TPSA) is 39.2 Å². The second-order valence-electron chi connectivity index (χ2n) is 6.41. The van der Waals surface area contributed by atoms with Crippen LogP contribution in [0.15, 0.2) is 60.0 Å². The molecule has 5 heteroatoms. The lowest BCUT2D eigenvalue weighted by atomic mass is 10.0. The maximum Gasteiger partial charge on any atom is 0.331 e. The van der Waals surface area contributed by atoms with Crippen LogP contribution in [-0.2, 0) is 16.1 Å². The van der Waals surface area contributed by atoms with Crippen molar-refractivity contribution in [2.24, 2.45) is 0 Å². The van der Waals surface area contributed by atoms with Crippen LogP contribution >= 0.6 is 22.9 Å². The summed E-state index contributed by atoms with van der Waals surface area (Å²) >= 11 is 7.39. The van der Waals surface area contributed by atoms with Gasteiger partial charge in [0.15, 0.2) is 0 Å². The Kier molecular flexibility index (Phi) is 6.43. The Morgan fingerprint density at radius 1 is 1.15 bits per heavy atom. The van der Waals surface area contributed by atoms with Gasteiger partial charge in [0.05, 0.1) is 5.69 Å². The number of rotatable bonds is 6. The number of hydrogen-bond acceptors (Lipinski definition) is 4. The van der Waals surface area contributed by atoms with E-state index >= 15 is 0 Å². The molecule has 0 atom stereocenters. The molecule has 0 radical (unpaired) electrons. The number of esters is 1. The number of nitrogens with zero attached hydrogens (tertiary/aromatic N) is 1. The van der Waals surface area contributed by atoms with E-state index in [1.807, 2.05) is 17.5 Å². The SMILES string of the molecule is CC(C)c1ccc(-c2nc(COC(=O)/C=C/c3ccc(Cl)cc3)cs2)cc1. The van der Waals surface area contributed by atoms with Crippen LogP contribution in [0.5, 0.6) is 0 Å². The average Bonchev–Trinajstić information content (AvgIpc) is 3.15. The number of carbonyl (C=O) groups excluding carboxylic acids is 1. The minimum Gasteiger partial charge on any atom is -0.456 e. The van der Waals surface area contributed by atoms with Crippen LogP contribution in [0.1, 0.15) is 36.6 Å². The highest BCUT2D eigenvalue weighted by Gasteiger charge is 2.07. The first kappa shape index (κ1) is 19.3. The molecule has 0 spiro atoms. The van der Waals surface area contributed by atoms with Crippen molar-refractivity contribution in [1.29, 1.82) is 0 Å². The summed E-state index contributed by atoms with van der Waals surface area (Å²) in [4.78, 5) is 16.4. The molecule has 0 saturated carbocycles. The van der Waals surface area contributed by atoms with E-state index in [4.69, 9.17) is 16.3 Å². The minimum atomic E-state index is -0.402. The predicted octanol–water partition coefficient (Wildman–Crippen LogP) is 6.34. The highest BCUT2D eigenvalue weighted by molar-refractivity contribution is 7.13. The average molecular weight is 398 g/mol. The van der Waals surface area contributed by atoms with Gasteiger partial charge in [0.25, 0.3) is 0 Å². The normalized spacial score (nSPS) is 11.3. The van der Waals surface area contributed by atoms with Gasteiger partial charge in [0.1, 0.15) is 11.6 Å². The first-order chi connectivity index (χ1) is 13.0. The lowest BCUT2D eigenvalue weighted by Gasteiger charge is -2.05. The number of carbonyl (C=O) groups is 1. The highest BCUT2D eigenvalue weighted by atomic mass is 35.5. The summed E-state index contributed by atoms with van der Waals surface area (Å²) in [5, 5.41) is 3.50. The maximum atomic E-state index is 11.9. The molecule has 2 aromatic carbocycles. The summed E-state index contributed by atoms with van der Waals surface area (Å²) in [7, 11) is 0. The van der Waals surface area contributed by atoms with Crippen molar-refractivity contribution in [1.82, 2.24) is 4.98 Å². The molecule has 3 nitrogen and oxygen atoms in total. The van der Waals surface area contributed by atoms with Crippen LogP contribution in [-0.4, -0.2) is 11.0 Å². The zero-order valence-electron chi connectivity index (χ0n) is 15.2. The summed E-state index contributed by atoms with van der Waals surface area (Å²) < 4.78 is 5.27. The van der Waals surface area contributed by atoms with Crippen LogP contribution in [0.25, 0.3) is 16.6 Å². The lowest BCUT2D eigenvalue weighted by Crippen LogP contribution is -2.00. The van der Waals surface area contributed by atoms with Gasteiger partial charge in [-0.15, -0.1) is 11.3 Å². The molecular formula is C22H20ClNO2S. The molecule has 0 fully saturated rings. The van der Waals surface area contributed by atoms with E-state index in [0.717, 1.165) is 21.8 Å². The molecule has 0 N–H and O–H groups in total. The van der Waals surface area contributed by atoms with E-state index < -0.39 is 5.97 Å². The summed E-state index contributed by atoms with van der Waals surface area (Å²) in [5.74, 6) is 0.104. The van der Waals surface area contributed by atoms with Crippen LogP contribution in [0.3, 0.4) is 0 Å². The molecule has 0 aliphatic carbocycles. The fourth-order valence-electron chi connectivity index (χ4n) is 2.45. The smallest absolute Gasteiger partial charge is 0.331 e. The monoisotopic (exact) mass is 397 g/mol. The summed E-state index contributed by atoms with van der Waals surface area (Å²) in [6.07, 6.45) is 3.10. The Labute approximate surface area is 168 Å². The van der Waals surface area contributed by atoms with Crippen LogP contribution in [0.2, 0.25) is 5.02 Å². The molecule has 1 heterocycles. The zero-order chi connectivity index (χ0) is 19.2. The predicted molar refractivity (Wildman–Crippen MR) is 112 cm³/mol. The van der Waals surface area contributed by atoms with Gasteiger partial charge in [-0.05, 0) is 35.3 Å². The standard InChI is InChI=1S/C22H20ClNO2S/c1-15(2)17-6-8-18(9-7-17)22-24-20(14-27-22)13-26-21(25)12-5-16-3-10-19(23)11-4-16/h3-12,14-15H,13H2,1-2H3/b12-5+. The number of halogens is 1. The molecule has 3 rings (SSSR count). The van der Waals surface area contributed by atoms with Crippen LogP contribution < -0.4 is 0 Å². The third-order valence-electron chi connectivity index (χ3n) is 4.02. The van der Waals surface area contributed by atoms with Gasteiger partial charge in [0.2, 0.25) is 0 Å². The van der Waals surface area contributed by atoms with E-state index in [1.165, 1.54) is 11.6 Å². The maximum absolute atomic E-state index is 11.9. The van der Waals surface area contributed by atoms with Crippen molar-refractivity contribution in [3.05, 3.63) is 81.8 Å². The van der Waals surface area contributed by atoms with Crippen molar-refractivity contribution in [2.75, 3.05) is 0 Å². The van der Waals surface area contributed by atoms with E-state index in [-0.39, 0.29) is 6.61 Å². The molecule has 1 aromatic heterocycles. The lowest BCUT2D eigenvalue weighted by molar-refractivity contribution is -0.139. The van der Waals surface area contributed by atoms with Crippen molar-refractivity contribution in [2.45, 2.75) is 26.4 Å². The number of benzene rings is 2. The van der Waals surface area contributed by atoms with Gasteiger partial charge in [-0.2, -0.15) is 0 Å².